The lowest BCUT2D eigenvalue weighted by molar-refractivity contribution is 0.824. The summed E-state index contributed by atoms with van der Waals surface area (Å²) in [5.74, 6) is 0. The van der Waals surface area contributed by atoms with E-state index < -0.39 is 0 Å². The fourth-order valence-electron chi connectivity index (χ4n) is 3.20. The molecule has 1 aliphatic rings. The molecular formula is C17H15N. The minimum Gasteiger partial charge on any atom is -0.347 e. The van der Waals surface area contributed by atoms with Gasteiger partial charge >= 0.3 is 0 Å². The number of aromatic nitrogens is 1. The lowest BCUT2D eigenvalue weighted by atomic mass is 9.98. The molecule has 0 atom stereocenters. The van der Waals surface area contributed by atoms with E-state index in [-0.39, 0.29) is 0 Å². The van der Waals surface area contributed by atoms with Crippen LogP contribution in [0.15, 0.2) is 42.5 Å². The van der Waals surface area contributed by atoms with Crippen molar-refractivity contribution in [1.29, 1.82) is 0 Å². The van der Waals surface area contributed by atoms with Gasteiger partial charge in [0.25, 0.3) is 0 Å². The molecule has 2 aromatic carbocycles. The van der Waals surface area contributed by atoms with Crippen LogP contribution in [0.3, 0.4) is 0 Å². The van der Waals surface area contributed by atoms with Crippen LogP contribution in [0, 0.1) is 0 Å². The molecule has 0 N–H and O–H groups in total. The van der Waals surface area contributed by atoms with E-state index in [4.69, 9.17) is 0 Å². The minimum absolute atomic E-state index is 1.16. The zero-order valence-electron chi connectivity index (χ0n) is 10.5. The second-order valence-corrected chi connectivity index (χ2v) is 5.04. The van der Waals surface area contributed by atoms with Crippen LogP contribution >= 0.6 is 0 Å². The standard InChI is InChI=1S/C17H15N/c1-18-15-9-5-4-8-14(15)17-13-7-3-2-6-12(13)10-11-16(17)18/h2-4,6-8,10-11H,5,9H2,1H3. The quantitative estimate of drug-likeness (QED) is 0.546. The van der Waals surface area contributed by atoms with E-state index in [1.165, 1.54) is 32.9 Å². The van der Waals surface area contributed by atoms with Crippen molar-refractivity contribution in [3.63, 3.8) is 0 Å². The number of benzene rings is 2. The lowest BCUT2D eigenvalue weighted by Gasteiger charge is -2.07. The molecule has 0 bridgehead atoms. The van der Waals surface area contributed by atoms with Gasteiger partial charge in [-0.05, 0) is 29.7 Å². The molecule has 1 heteroatoms. The zero-order valence-corrected chi connectivity index (χ0v) is 10.5. The SMILES string of the molecule is Cn1c2c(c3c4ccccc4ccc31)C=CCC2. The number of nitrogens with zero attached hydrogens (tertiary/aromatic N) is 1. The van der Waals surface area contributed by atoms with Gasteiger partial charge < -0.3 is 4.57 Å². The predicted molar refractivity (Wildman–Crippen MR) is 77.8 cm³/mol. The first-order chi connectivity index (χ1) is 8.86. The highest BCUT2D eigenvalue weighted by Gasteiger charge is 2.16. The molecule has 1 aromatic heterocycles. The molecule has 1 aliphatic carbocycles. The van der Waals surface area contributed by atoms with Crippen molar-refractivity contribution in [3.8, 4) is 0 Å². The molecule has 0 unspecified atom stereocenters. The molecule has 3 aromatic rings. The van der Waals surface area contributed by atoms with Crippen molar-refractivity contribution in [1.82, 2.24) is 4.57 Å². The van der Waals surface area contributed by atoms with Crippen LogP contribution in [0.25, 0.3) is 27.8 Å². The van der Waals surface area contributed by atoms with Gasteiger partial charge in [-0.3, -0.25) is 0 Å². The fourth-order valence-corrected chi connectivity index (χ4v) is 3.20. The van der Waals surface area contributed by atoms with Crippen LogP contribution in [0.5, 0.6) is 0 Å². The molecule has 0 fully saturated rings. The minimum atomic E-state index is 1.16. The first-order valence-corrected chi connectivity index (χ1v) is 6.52. The van der Waals surface area contributed by atoms with Gasteiger partial charge in [-0.2, -0.15) is 0 Å². The van der Waals surface area contributed by atoms with Crippen LogP contribution < -0.4 is 0 Å². The lowest BCUT2D eigenvalue weighted by Crippen LogP contribution is -1.99. The molecular weight excluding hydrogens is 218 g/mol. The Morgan fingerprint density at radius 3 is 2.89 bits per heavy atom. The van der Waals surface area contributed by atoms with E-state index in [1.807, 2.05) is 0 Å². The van der Waals surface area contributed by atoms with E-state index in [9.17, 15) is 0 Å². The molecule has 0 amide bonds. The molecule has 88 valence electrons. The predicted octanol–water partition coefficient (Wildman–Crippen LogP) is 4.29. The van der Waals surface area contributed by atoms with Crippen molar-refractivity contribution in [2.45, 2.75) is 12.8 Å². The van der Waals surface area contributed by atoms with E-state index >= 15 is 0 Å². The number of hydrogen-bond acceptors (Lipinski definition) is 0. The average Bonchev–Trinajstić information content (AvgIpc) is 2.73. The summed E-state index contributed by atoms with van der Waals surface area (Å²) in [7, 11) is 2.19. The van der Waals surface area contributed by atoms with E-state index in [0.29, 0.717) is 0 Å². The smallest absolute Gasteiger partial charge is 0.0492 e. The summed E-state index contributed by atoms with van der Waals surface area (Å²) in [6, 6.07) is 13.2. The molecule has 4 rings (SSSR count). The third-order valence-corrected chi connectivity index (χ3v) is 4.09. The van der Waals surface area contributed by atoms with Gasteiger partial charge in [-0.1, -0.05) is 42.5 Å². The normalized spacial score (nSPS) is 14.3. The average molecular weight is 233 g/mol. The Kier molecular flexibility index (Phi) is 1.93. The largest absolute Gasteiger partial charge is 0.347 e. The van der Waals surface area contributed by atoms with Gasteiger partial charge in [0.2, 0.25) is 0 Å². The maximum absolute atomic E-state index is 2.36. The van der Waals surface area contributed by atoms with Crippen molar-refractivity contribution in [2.24, 2.45) is 7.05 Å². The number of allylic oxidation sites excluding steroid dienone is 1. The second kappa shape index (κ2) is 3.49. The van der Waals surface area contributed by atoms with E-state index in [0.717, 1.165) is 12.8 Å². The maximum Gasteiger partial charge on any atom is 0.0492 e. The van der Waals surface area contributed by atoms with Crippen molar-refractivity contribution in [3.05, 3.63) is 53.7 Å². The Hall–Kier alpha value is -2.02. The van der Waals surface area contributed by atoms with Gasteiger partial charge in [0.1, 0.15) is 0 Å². The summed E-state index contributed by atoms with van der Waals surface area (Å²) in [5.41, 5.74) is 4.25. The molecule has 1 nitrogen and oxygen atoms in total. The van der Waals surface area contributed by atoms with Crippen molar-refractivity contribution < 1.29 is 0 Å². The molecule has 0 saturated carbocycles. The van der Waals surface area contributed by atoms with E-state index in [1.54, 1.807) is 0 Å². The molecule has 0 spiro atoms. The maximum atomic E-state index is 2.36. The van der Waals surface area contributed by atoms with E-state index in [2.05, 4.69) is 60.2 Å². The number of hydrogen-bond donors (Lipinski definition) is 0. The zero-order chi connectivity index (χ0) is 12.1. The van der Waals surface area contributed by atoms with Crippen LogP contribution in [0.2, 0.25) is 0 Å². The highest BCUT2D eigenvalue weighted by atomic mass is 14.9. The van der Waals surface area contributed by atoms with Gasteiger partial charge in [-0.15, -0.1) is 0 Å². The number of fused-ring (bicyclic) bond motifs is 5. The van der Waals surface area contributed by atoms with Crippen molar-refractivity contribution >= 4 is 27.8 Å². The first kappa shape index (κ1) is 9.95. The Morgan fingerprint density at radius 2 is 1.94 bits per heavy atom. The van der Waals surface area contributed by atoms with Crippen LogP contribution in [-0.4, -0.2) is 4.57 Å². The summed E-state index contributed by atoms with van der Waals surface area (Å²) in [6.45, 7) is 0. The summed E-state index contributed by atoms with van der Waals surface area (Å²) >= 11 is 0. The van der Waals surface area contributed by atoms with Gasteiger partial charge in [0.05, 0.1) is 0 Å². The third-order valence-electron chi connectivity index (χ3n) is 4.09. The highest BCUT2D eigenvalue weighted by Crippen LogP contribution is 2.35. The summed E-state index contributed by atoms with van der Waals surface area (Å²) in [6.07, 6.45) is 6.91. The molecule has 0 radical (unpaired) electrons. The Labute approximate surface area is 106 Å². The summed E-state index contributed by atoms with van der Waals surface area (Å²) < 4.78 is 2.36. The van der Waals surface area contributed by atoms with Gasteiger partial charge in [0, 0.05) is 29.2 Å². The van der Waals surface area contributed by atoms with Crippen LogP contribution in [-0.2, 0) is 13.5 Å². The number of aryl methyl sites for hydroxylation is 1. The van der Waals surface area contributed by atoms with Gasteiger partial charge in [-0.25, -0.2) is 0 Å². The van der Waals surface area contributed by atoms with Gasteiger partial charge in [0.15, 0.2) is 0 Å². The topological polar surface area (TPSA) is 4.93 Å². The first-order valence-electron chi connectivity index (χ1n) is 6.52. The Bertz CT molecular complexity index is 790. The van der Waals surface area contributed by atoms with Crippen LogP contribution in [0.1, 0.15) is 17.7 Å². The monoisotopic (exact) mass is 233 g/mol. The molecule has 18 heavy (non-hydrogen) atoms. The second-order valence-electron chi connectivity index (χ2n) is 5.04. The molecule has 0 aliphatic heterocycles. The van der Waals surface area contributed by atoms with Crippen molar-refractivity contribution in [2.75, 3.05) is 0 Å². The number of rotatable bonds is 0. The fraction of sp³-hybridized carbons (Fsp3) is 0.176. The highest BCUT2D eigenvalue weighted by molar-refractivity contribution is 6.11. The Morgan fingerprint density at radius 1 is 1.06 bits per heavy atom. The molecule has 0 saturated heterocycles. The summed E-state index contributed by atoms with van der Waals surface area (Å²) in [4.78, 5) is 0. The van der Waals surface area contributed by atoms with Crippen LogP contribution in [0.4, 0.5) is 0 Å². The summed E-state index contributed by atoms with van der Waals surface area (Å²) in [5, 5.41) is 4.12. The molecule has 1 heterocycles. The third kappa shape index (κ3) is 1.16. The Balaban J connectivity index is 2.29.